The summed E-state index contributed by atoms with van der Waals surface area (Å²) in [4.78, 5) is 4.63. The van der Waals surface area contributed by atoms with Gasteiger partial charge < -0.3 is 4.74 Å². The summed E-state index contributed by atoms with van der Waals surface area (Å²) in [7, 11) is 1.68. The summed E-state index contributed by atoms with van der Waals surface area (Å²) in [6, 6.07) is 8.04. The number of thiazole rings is 1. The molecule has 2 nitrogen and oxygen atoms in total. The first-order valence-electron chi connectivity index (χ1n) is 5.50. The zero-order chi connectivity index (χ0) is 12.1. The molecular weight excluding hydrogens is 250 g/mol. The van der Waals surface area contributed by atoms with Gasteiger partial charge in [-0.25, -0.2) is 4.98 Å². The Kier molecular flexibility index (Phi) is 4.45. The number of hydrogen-bond donors (Lipinski definition) is 0. The molecule has 0 N–H and O–H groups in total. The Labute approximate surface area is 110 Å². The molecule has 0 radical (unpaired) electrons. The van der Waals surface area contributed by atoms with E-state index >= 15 is 0 Å². The van der Waals surface area contributed by atoms with E-state index in [1.807, 2.05) is 23.9 Å². The van der Waals surface area contributed by atoms with Crippen LogP contribution >= 0.6 is 23.1 Å². The van der Waals surface area contributed by atoms with E-state index in [-0.39, 0.29) is 0 Å². The van der Waals surface area contributed by atoms with E-state index in [0.717, 1.165) is 27.8 Å². The first-order valence-corrected chi connectivity index (χ1v) is 7.53. The quantitative estimate of drug-likeness (QED) is 0.813. The van der Waals surface area contributed by atoms with Gasteiger partial charge in [0.15, 0.2) is 0 Å². The van der Waals surface area contributed by atoms with Crippen molar-refractivity contribution < 1.29 is 4.74 Å². The molecule has 0 fully saturated rings. The third kappa shape index (κ3) is 3.23. The Morgan fingerprint density at radius 2 is 2.06 bits per heavy atom. The predicted octanol–water partition coefficient (Wildman–Crippen LogP) is 4.07. The van der Waals surface area contributed by atoms with Crippen molar-refractivity contribution in [1.29, 1.82) is 0 Å². The molecule has 0 amide bonds. The minimum absolute atomic E-state index is 0.882. The number of hydrogen-bond acceptors (Lipinski definition) is 4. The molecule has 0 atom stereocenters. The van der Waals surface area contributed by atoms with E-state index in [1.165, 1.54) is 5.69 Å². The number of aromatic nitrogens is 1. The van der Waals surface area contributed by atoms with Crippen LogP contribution < -0.4 is 4.74 Å². The molecule has 2 rings (SSSR count). The molecule has 0 bridgehead atoms. The van der Waals surface area contributed by atoms with Crippen molar-refractivity contribution in [2.75, 3.05) is 12.9 Å². The highest BCUT2D eigenvalue weighted by atomic mass is 32.2. The monoisotopic (exact) mass is 265 g/mol. The normalized spacial score (nSPS) is 10.5. The molecule has 17 heavy (non-hydrogen) atoms. The van der Waals surface area contributed by atoms with Gasteiger partial charge in [0.2, 0.25) is 0 Å². The number of ether oxygens (including phenoxy) is 1. The number of nitrogens with zero attached hydrogens (tertiary/aromatic N) is 1. The average Bonchev–Trinajstić information content (AvgIpc) is 2.85. The number of thioether (sulfide) groups is 1. The van der Waals surface area contributed by atoms with Gasteiger partial charge >= 0.3 is 0 Å². The number of methoxy groups -OCH3 is 1. The third-order valence-electron chi connectivity index (χ3n) is 2.34. The molecule has 0 unspecified atom stereocenters. The van der Waals surface area contributed by atoms with Gasteiger partial charge in [0, 0.05) is 16.7 Å². The Bertz CT molecular complexity index is 465. The van der Waals surface area contributed by atoms with Gasteiger partial charge in [-0.3, -0.25) is 0 Å². The summed E-state index contributed by atoms with van der Waals surface area (Å²) in [5, 5.41) is 3.22. The van der Waals surface area contributed by atoms with Crippen molar-refractivity contribution in [3.8, 4) is 16.3 Å². The van der Waals surface area contributed by atoms with Crippen LogP contribution in [0, 0.1) is 0 Å². The standard InChI is InChI=1S/C13H15NOS2/c1-3-16-8-11-9-17-13(14-11)10-4-6-12(15-2)7-5-10/h4-7,9H,3,8H2,1-2H3. The molecule has 4 heteroatoms. The Morgan fingerprint density at radius 1 is 1.29 bits per heavy atom. The molecule has 90 valence electrons. The minimum Gasteiger partial charge on any atom is -0.497 e. The lowest BCUT2D eigenvalue weighted by Crippen LogP contribution is -1.84. The van der Waals surface area contributed by atoms with Crippen LogP contribution in [-0.4, -0.2) is 17.8 Å². The molecule has 0 aliphatic carbocycles. The lowest BCUT2D eigenvalue weighted by atomic mass is 10.2. The highest BCUT2D eigenvalue weighted by molar-refractivity contribution is 7.98. The fraction of sp³-hybridized carbons (Fsp3) is 0.308. The number of rotatable bonds is 5. The maximum atomic E-state index is 5.14. The molecular formula is C13H15NOS2. The van der Waals surface area contributed by atoms with E-state index in [0.29, 0.717) is 0 Å². The second-order valence-electron chi connectivity index (χ2n) is 3.51. The SMILES string of the molecule is CCSCc1csc(-c2ccc(OC)cc2)n1. The molecule has 2 aromatic rings. The second kappa shape index (κ2) is 6.07. The van der Waals surface area contributed by atoms with E-state index in [4.69, 9.17) is 4.74 Å². The van der Waals surface area contributed by atoms with Crippen LogP contribution in [0.5, 0.6) is 5.75 Å². The maximum absolute atomic E-state index is 5.14. The minimum atomic E-state index is 0.882. The lowest BCUT2D eigenvalue weighted by Gasteiger charge is -2.00. The molecule has 0 aliphatic rings. The van der Waals surface area contributed by atoms with Gasteiger partial charge in [-0.15, -0.1) is 11.3 Å². The van der Waals surface area contributed by atoms with Crippen molar-refractivity contribution in [1.82, 2.24) is 4.98 Å². The van der Waals surface area contributed by atoms with Crippen LogP contribution in [0.2, 0.25) is 0 Å². The predicted molar refractivity (Wildman–Crippen MR) is 75.9 cm³/mol. The molecule has 1 aromatic carbocycles. The fourth-order valence-electron chi connectivity index (χ4n) is 1.45. The Hall–Kier alpha value is -1.00. The van der Waals surface area contributed by atoms with Crippen LogP contribution in [-0.2, 0) is 5.75 Å². The van der Waals surface area contributed by atoms with E-state index in [9.17, 15) is 0 Å². The van der Waals surface area contributed by atoms with Crippen molar-refractivity contribution >= 4 is 23.1 Å². The van der Waals surface area contributed by atoms with E-state index in [2.05, 4.69) is 29.4 Å². The highest BCUT2D eigenvalue weighted by Crippen LogP contribution is 2.26. The van der Waals surface area contributed by atoms with Crippen molar-refractivity contribution in [2.24, 2.45) is 0 Å². The molecule has 0 saturated heterocycles. The van der Waals surface area contributed by atoms with Crippen LogP contribution in [0.4, 0.5) is 0 Å². The molecule has 1 aromatic heterocycles. The van der Waals surface area contributed by atoms with Crippen LogP contribution in [0.1, 0.15) is 12.6 Å². The third-order valence-corrected chi connectivity index (χ3v) is 4.19. The fourth-order valence-corrected chi connectivity index (χ4v) is 2.94. The van der Waals surface area contributed by atoms with E-state index in [1.54, 1.807) is 18.4 Å². The summed E-state index contributed by atoms with van der Waals surface area (Å²) in [6.07, 6.45) is 0. The molecule has 1 heterocycles. The van der Waals surface area contributed by atoms with Gasteiger partial charge in [-0.2, -0.15) is 11.8 Å². The molecule has 0 aliphatic heterocycles. The molecule has 0 saturated carbocycles. The smallest absolute Gasteiger partial charge is 0.123 e. The maximum Gasteiger partial charge on any atom is 0.123 e. The van der Waals surface area contributed by atoms with Gasteiger partial charge in [-0.1, -0.05) is 6.92 Å². The Morgan fingerprint density at radius 3 is 2.71 bits per heavy atom. The summed E-state index contributed by atoms with van der Waals surface area (Å²) >= 11 is 3.60. The topological polar surface area (TPSA) is 22.1 Å². The van der Waals surface area contributed by atoms with Crippen molar-refractivity contribution in [2.45, 2.75) is 12.7 Å². The zero-order valence-corrected chi connectivity index (χ0v) is 11.6. The summed E-state index contributed by atoms with van der Waals surface area (Å²) in [6.45, 7) is 2.17. The second-order valence-corrected chi connectivity index (χ2v) is 5.64. The summed E-state index contributed by atoms with van der Waals surface area (Å²) in [5.41, 5.74) is 2.33. The summed E-state index contributed by atoms with van der Waals surface area (Å²) < 4.78 is 5.14. The Balaban J connectivity index is 2.12. The van der Waals surface area contributed by atoms with Crippen LogP contribution in [0.15, 0.2) is 29.6 Å². The van der Waals surface area contributed by atoms with Gasteiger partial charge in [0.1, 0.15) is 10.8 Å². The van der Waals surface area contributed by atoms with Crippen molar-refractivity contribution in [3.63, 3.8) is 0 Å². The van der Waals surface area contributed by atoms with Crippen LogP contribution in [0.3, 0.4) is 0 Å². The highest BCUT2D eigenvalue weighted by Gasteiger charge is 2.04. The number of benzene rings is 1. The van der Waals surface area contributed by atoms with E-state index < -0.39 is 0 Å². The zero-order valence-electron chi connectivity index (χ0n) is 9.97. The van der Waals surface area contributed by atoms with Crippen molar-refractivity contribution in [3.05, 3.63) is 35.3 Å². The first-order chi connectivity index (χ1) is 8.33. The molecule has 0 spiro atoms. The van der Waals surface area contributed by atoms with Gasteiger partial charge in [0.25, 0.3) is 0 Å². The summed E-state index contributed by atoms with van der Waals surface area (Å²) in [5.74, 6) is 3.02. The van der Waals surface area contributed by atoms with Gasteiger partial charge in [0.05, 0.1) is 12.8 Å². The first kappa shape index (κ1) is 12.5. The van der Waals surface area contributed by atoms with Crippen LogP contribution in [0.25, 0.3) is 10.6 Å². The van der Waals surface area contributed by atoms with Gasteiger partial charge in [-0.05, 0) is 30.0 Å². The average molecular weight is 265 g/mol. The lowest BCUT2D eigenvalue weighted by molar-refractivity contribution is 0.415. The largest absolute Gasteiger partial charge is 0.497 e.